The van der Waals surface area contributed by atoms with Crippen LogP contribution in [0.3, 0.4) is 0 Å². The van der Waals surface area contributed by atoms with E-state index in [1.165, 1.54) is 4.90 Å². The fourth-order valence-corrected chi connectivity index (χ4v) is 3.40. The first-order valence-corrected chi connectivity index (χ1v) is 8.05. The molecule has 1 saturated heterocycles. The van der Waals surface area contributed by atoms with Gasteiger partial charge in [0, 0.05) is 19.2 Å². The van der Waals surface area contributed by atoms with Crippen LogP contribution in [0.25, 0.3) is 0 Å². The predicted molar refractivity (Wildman–Crippen MR) is 90.8 cm³/mol. The van der Waals surface area contributed by atoms with Gasteiger partial charge in [-0.05, 0) is 44.9 Å². The molecule has 7 heteroatoms. The first-order valence-electron chi connectivity index (χ1n) is 8.05. The molecule has 2 aliphatic rings. The zero-order chi connectivity index (χ0) is 17.6. The molecule has 1 aromatic carbocycles. The summed E-state index contributed by atoms with van der Waals surface area (Å²) in [7, 11) is 1.84. The standard InChI is InChI=1S/C17H22N4O3/c1-10-14(22)19-12-9-11(5-6-13(12)20(10)3)15(23)21-8-4-7-17(21,2)16(18)24/h5-6,9-10H,4,7-8H2,1-3H3,(H2,18,24)(H,19,22)/t10?,17-/m0/s1. The van der Waals surface area contributed by atoms with Crippen LogP contribution < -0.4 is 16.0 Å². The minimum Gasteiger partial charge on any atom is -0.368 e. The summed E-state index contributed by atoms with van der Waals surface area (Å²) < 4.78 is 0. The molecule has 1 aromatic rings. The molecule has 3 N–H and O–H groups in total. The Morgan fingerprint density at radius 2 is 2.08 bits per heavy atom. The monoisotopic (exact) mass is 330 g/mol. The topological polar surface area (TPSA) is 95.7 Å². The number of fused-ring (bicyclic) bond motifs is 1. The summed E-state index contributed by atoms with van der Waals surface area (Å²) in [6.45, 7) is 4.02. The second kappa shape index (κ2) is 5.51. The van der Waals surface area contributed by atoms with Crippen LogP contribution in [0.4, 0.5) is 11.4 Å². The second-order valence-electron chi connectivity index (χ2n) is 6.71. The predicted octanol–water partition coefficient (Wildman–Crippen LogP) is 0.943. The Kier molecular flexibility index (Phi) is 3.74. The van der Waals surface area contributed by atoms with E-state index in [-0.39, 0.29) is 17.9 Å². The van der Waals surface area contributed by atoms with Crippen molar-refractivity contribution >= 4 is 29.1 Å². The van der Waals surface area contributed by atoms with Crippen molar-refractivity contribution in [1.29, 1.82) is 0 Å². The fourth-order valence-electron chi connectivity index (χ4n) is 3.40. The average Bonchev–Trinajstić information content (AvgIpc) is 2.95. The van der Waals surface area contributed by atoms with Gasteiger partial charge in [0.05, 0.1) is 11.4 Å². The van der Waals surface area contributed by atoms with Gasteiger partial charge in [-0.15, -0.1) is 0 Å². The molecule has 7 nitrogen and oxygen atoms in total. The Hall–Kier alpha value is -2.57. The van der Waals surface area contributed by atoms with Crippen LogP contribution >= 0.6 is 0 Å². The van der Waals surface area contributed by atoms with E-state index in [1.807, 2.05) is 24.9 Å². The molecule has 2 heterocycles. The normalized spacial score (nSPS) is 26.1. The van der Waals surface area contributed by atoms with Crippen molar-refractivity contribution in [2.45, 2.75) is 38.3 Å². The Balaban J connectivity index is 1.94. The van der Waals surface area contributed by atoms with Crippen molar-refractivity contribution in [3.8, 4) is 0 Å². The summed E-state index contributed by atoms with van der Waals surface area (Å²) >= 11 is 0. The van der Waals surface area contributed by atoms with Gasteiger partial charge < -0.3 is 20.9 Å². The molecular formula is C17H22N4O3. The molecule has 0 aliphatic carbocycles. The zero-order valence-corrected chi connectivity index (χ0v) is 14.1. The third kappa shape index (κ3) is 2.31. The van der Waals surface area contributed by atoms with Gasteiger partial charge in [-0.2, -0.15) is 0 Å². The first kappa shape index (κ1) is 16.3. The number of carbonyl (C=O) groups excluding carboxylic acids is 3. The lowest BCUT2D eigenvalue weighted by Crippen LogP contribution is -2.53. The molecular weight excluding hydrogens is 308 g/mol. The number of anilines is 2. The van der Waals surface area contributed by atoms with Gasteiger partial charge in [0.1, 0.15) is 11.6 Å². The maximum absolute atomic E-state index is 12.9. The second-order valence-corrected chi connectivity index (χ2v) is 6.71. The number of carbonyl (C=O) groups is 3. The fraction of sp³-hybridized carbons (Fsp3) is 0.471. The Morgan fingerprint density at radius 1 is 1.38 bits per heavy atom. The number of nitrogens with one attached hydrogen (secondary N) is 1. The van der Waals surface area contributed by atoms with Gasteiger partial charge in [-0.25, -0.2) is 0 Å². The van der Waals surface area contributed by atoms with Crippen LogP contribution in [0.1, 0.15) is 37.0 Å². The quantitative estimate of drug-likeness (QED) is 0.843. The Bertz CT molecular complexity index is 733. The number of likely N-dealkylation sites (N-methyl/N-ethyl adjacent to an activating group) is 1. The van der Waals surface area contributed by atoms with Crippen LogP contribution in [-0.2, 0) is 9.59 Å². The number of primary amides is 1. The summed E-state index contributed by atoms with van der Waals surface area (Å²) in [5, 5.41) is 2.83. The molecule has 0 spiro atoms. The molecule has 2 aliphatic heterocycles. The zero-order valence-electron chi connectivity index (χ0n) is 14.1. The number of nitrogens with zero attached hydrogens (tertiary/aromatic N) is 2. The van der Waals surface area contributed by atoms with Crippen molar-refractivity contribution in [2.24, 2.45) is 5.73 Å². The summed E-state index contributed by atoms with van der Waals surface area (Å²) in [4.78, 5) is 40.1. The highest BCUT2D eigenvalue weighted by molar-refractivity contribution is 6.06. The highest BCUT2D eigenvalue weighted by atomic mass is 16.2. The molecule has 1 fully saturated rings. The number of nitrogens with two attached hydrogens (primary N) is 1. The molecule has 128 valence electrons. The van der Waals surface area contributed by atoms with E-state index in [0.29, 0.717) is 24.2 Å². The molecule has 0 saturated carbocycles. The number of likely N-dealkylation sites (tertiary alicyclic amines) is 1. The minimum absolute atomic E-state index is 0.113. The van der Waals surface area contributed by atoms with E-state index in [0.717, 1.165) is 12.1 Å². The van der Waals surface area contributed by atoms with E-state index >= 15 is 0 Å². The van der Waals surface area contributed by atoms with E-state index in [4.69, 9.17) is 5.73 Å². The number of amides is 3. The summed E-state index contributed by atoms with van der Waals surface area (Å²) in [6, 6.07) is 4.94. The number of hydrogen-bond donors (Lipinski definition) is 2. The number of rotatable bonds is 2. The lowest BCUT2D eigenvalue weighted by molar-refractivity contribution is -0.126. The van der Waals surface area contributed by atoms with Gasteiger partial charge in [0.25, 0.3) is 5.91 Å². The number of hydrogen-bond acceptors (Lipinski definition) is 4. The highest BCUT2D eigenvalue weighted by Crippen LogP contribution is 2.34. The van der Waals surface area contributed by atoms with E-state index < -0.39 is 11.4 Å². The average molecular weight is 330 g/mol. The lowest BCUT2D eigenvalue weighted by atomic mass is 9.97. The van der Waals surface area contributed by atoms with Crippen molar-refractivity contribution in [3.63, 3.8) is 0 Å². The third-order valence-corrected chi connectivity index (χ3v) is 5.26. The number of benzene rings is 1. The largest absolute Gasteiger partial charge is 0.368 e. The molecule has 24 heavy (non-hydrogen) atoms. The van der Waals surface area contributed by atoms with Crippen LogP contribution in [0.2, 0.25) is 0 Å². The van der Waals surface area contributed by atoms with E-state index in [2.05, 4.69) is 5.32 Å². The van der Waals surface area contributed by atoms with Crippen molar-refractivity contribution in [2.75, 3.05) is 23.8 Å². The van der Waals surface area contributed by atoms with Crippen molar-refractivity contribution in [3.05, 3.63) is 23.8 Å². The smallest absolute Gasteiger partial charge is 0.254 e. The lowest BCUT2D eigenvalue weighted by Gasteiger charge is -2.34. The summed E-state index contributed by atoms with van der Waals surface area (Å²) in [6.07, 6.45) is 1.31. The maximum Gasteiger partial charge on any atom is 0.254 e. The van der Waals surface area contributed by atoms with Crippen LogP contribution in [0, 0.1) is 0 Å². The molecule has 1 unspecified atom stereocenters. The minimum atomic E-state index is -0.957. The summed E-state index contributed by atoms with van der Waals surface area (Å²) in [5.41, 5.74) is 6.45. The first-order chi connectivity index (χ1) is 11.3. The van der Waals surface area contributed by atoms with Gasteiger partial charge in [0.2, 0.25) is 11.8 Å². The van der Waals surface area contributed by atoms with Gasteiger partial charge in [-0.3, -0.25) is 14.4 Å². The van der Waals surface area contributed by atoms with E-state index in [1.54, 1.807) is 19.1 Å². The van der Waals surface area contributed by atoms with Gasteiger partial charge in [0.15, 0.2) is 0 Å². The Morgan fingerprint density at radius 3 is 2.75 bits per heavy atom. The third-order valence-electron chi connectivity index (χ3n) is 5.26. The molecule has 3 amide bonds. The van der Waals surface area contributed by atoms with Gasteiger partial charge >= 0.3 is 0 Å². The van der Waals surface area contributed by atoms with Crippen LogP contribution in [0.5, 0.6) is 0 Å². The molecule has 2 atom stereocenters. The van der Waals surface area contributed by atoms with E-state index in [9.17, 15) is 14.4 Å². The van der Waals surface area contributed by atoms with Gasteiger partial charge in [-0.1, -0.05) is 0 Å². The highest BCUT2D eigenvalue weighted by Gasteiger charge is 2.44. The van der Waals surface area contributed by atoms with Crippen LogP contribution in [-0.4, -0.2) is 47.8 Å². The Labute approximate surface area is 140 Å². The molecule has 0 bridgehead atoms. The summed E-state index contributed by atoms with van der Waals surface area (Å²) in [5.74, 6) is -0.849. The molecule has 3 rings (SSSR count). The maximum atomic E-state index is 12.9. The van der Waals surface area contributed by atoms with Crippen molar-refractivity contribution in [1.82, 2.24) is 4.90 Å². The van der Waals surface area contributed by atoms with Crippen LogP contribution in [0.15, 0.2) is 18.2 Å². The molecule has 0 radical (unpaired) electrons. The van der Waals surface area contributed by atoms with Crippen molar-refractivity contribution < 1.29 is 14.4 Å². The SMILES string of the molecule is CC1C(=O)Nc2cc(C(=O)N3CCC[C@@]3(C)C(N)=O)ccc2N1C. The molecule has 0 aromatic heterocycles.